The van der Waals surface area contributed by atoms with Crippen molar-refractivity contribution in [2.24, 2.45) is 11.3 Å². The molecule has 1 atom stereocenters. The van der Waals surface area contributed by atoms with E-state index in [-0.39, 0.29) is 11.9 Å². The normalized spacial score (nSPS) is 26.6. The van der Waals surface area contributed by atoms with E-state index in [9.17, 15) is 4.79 Å². The van der Waals surface area contributed by atoms with Crippen LogP contribution in [0.5, 0.6) is 0 Å². The average molecular weight is 266 g/mol. The molecular weight excluding hydrogens is 236 g/mol. The van der Waals surface area contributed by atoms with Crippen LogP contribution < -0.4 is 10.6 Å². The zero-order chi connectivity index (χ0) is 13.7. The van der Waals surface area contributed by atoms with E-state index in [1.165, 1.54) is 44.9 Å². The topological polar surface area (TPSA) is 41.1 Å². The lowest BCUT2D eigenvalue weighted by Gasteiger charge is -2.32. The summed E-state index contributed by atoms with van der Waals surface area (Å²) in [6.07, 6.45) is 9.92. The third kappa shape index (κ3) is 4.20. The number of amides is 1. The van der Waals surface area contributed by atoms with Gasteiger partial charge in [0, 0.05) is 6.54 Å². The molecule has 1 heterocycles. The molecule has 0 aromatic heterocycles. The molecule has 110 valence electrons. The molecule has 1 amide bonds. The Morgan fingerprint density at radius 3 is 2.58 bits per heavy atom. The lowest BCUT2D eigenvalue weighted by molar-refractivity contribution is -0.124. The quantitative estimate of drug-likeness (QED) is 0.803. The van der Waals surface area contributed by atoms with Gasteiger partial charge in [-0.2, -0.15) is 0 Å². The minimum Gasteiger partial charge on any atom is -0.354 e. The Kier molecular flexibility index (Phi) is 5.26. The molecule has 1 saturated carbocycles. The van der Waals surface area contributed by atoms with Gasteiger partial charge in [0.15, 0.2) is 0 Å². The molecule has 1 aliphatic carbocycles. The highest BCUT2D eigenvalue weighted by molar-refractivity contribution is 5.81. The van der Waals surface area contributed by atoms with Crippen LogP contribution in [0.25, 0.3) is 0 Å². The van der Waals surface area contributed by atoms with Gasteiger partial charge >= 0.3 is 0 Å². The summed E-state index contributed by atoms with van der Waals surface area (Å²) in [7, 11) is 0. The molecule has 0 spiro atoms. The van der Waals surface area contributed by atoms with Crippen LogP contribution >= 0.6 is 0 Å². The maximum absolute atomic E-state index is 12.2. The van der Waals surface area contributed by atoms with Crippen molar-refractivity contribution >= 4 is 5.91 Å². The number of carbonyl (C=O) groups excluding carboxylic acids is 1. The minimum atomic E-state index is 0.0613. The first-order chi connectivity index (χ1) is 9.11. The fourth-order valence-corrected chi connectivity index (χ4v) is 3.92. The van der Waals surface area contributed by atoms with Gasteiger partial charge in [0.1, 0.15) is 0 Å². The smallest absolute Gasteiger partial charge is 0.237 e. The molecular formula is C16H30N2O. The molecule has 2 aliphatic rings. The lowest BCUT2D eigenvalue weighted by Crippen LogP contribution is -2.49. The van der Waals surface area contributed by atoms with Crippen LogP contribution in [0, 0.1) is 11.3 Å². The van der Waals surface area contributed by atoms with Gasteiger partial charge in [-0.1, -0.05) is 33.1 Å². The molecule has 3 heteroatoms. The van der Waals surface area contributed by atoms with Gasteiger partial charge in [-0.05, 0) is 50.0 Å². The average Bonchev–Trinajstić information content (AvgIpc) is 2.85. The van der Waals surface area contributed by atoms with Crippen molar-refractivity contribution < 1.29 is 4.79 Å². The van der Waals surface area contributed by atoms with Crippen molar-refractivity contribution in [3.05, 3.63) is 0 Å². The first kappa shape index (κ1) is 14.8. The van der Waals surface area contributed by atoms with Crippen LogP contribution in [-0.2, 0) is 4.79 Å². The Bertz CT molecular complexity index is 289. The second kappa shape index (κ2) is 6.74. The van der Waals surface area contributed by atoms with Crippen LogP contribution in [0.4, 0.5) is 0 Å². The van der Waals surface area contributed by atoms with Gasteiger partial charge in [0.2, 0.25) is 5.91 Å². The second-order valence-electron chi connectivity index (χ2n) is 7.03. The molecule has 2 rings (SSSR count). The van der Waals surface area contributed by atoms with Gasteiger partial charge < -0.3 is 10.6 Å². The monoisotopic (exact) mass is 266 g/mol. The Morgan fingerprint density at radius 2 is 2.00 bits per heavy atom. The van der Waals surface area contributed by atoms with E-state index in [0.29, 0.717) is 5.41 Å². The second-order valence-corrected chi connectivity index (χ2v) is 7.03. The van der Waals surface area contributed by atoms with Crippen LogP contribution in [0.3, 0.4) is 0 Å². The molecule has 0 radical (unpaired) electrons. The fraction of sp³-hybridized carbons (Fsp3) is 0.938. The molecule has 0 bridgehead atoms. The highest BCUT2D eigenvalue weighted by Crippen LogP contribution is 2.42. The minimum absolute atomic E-state index is 0.0613. The summed E-state index contributed by atoms with van der Waals surface area (Å²) in [6.45, 7) is 6.48. The van der Waals surface area contributed by atoms with Crippen molar-refractivity contribution in [3.8, 4) is 0 Å². The molecule has 1 saturated heterocycles. The number of piperidine rings is 1. The third-order valence-corrected chi connectivity index (χ3v) is 4.77. The van der Waals surface area contributed by atoms with Crippen molar-refractivity contribution in [1.29, 1.82) is 0 Å². The number of carbonyl (C=O) groups is 1. The Balaban J connectivity index is 1.82. The highest BCUT2D eigenvalue weighted by atomic mass is 16.2. The molecule has 2 fully saturated rings. The molecule has 0 unspecified atom stereocenters. The Hall–Kier alpha value is -0.570. The largest absolute Gasteiger partial charge is 0.354 e. The summed E-state index contributed by atoms with van der Waals surface area (Å²) in [5, 5.41) is 6.57. The third-order valence-electron chi connectivity index (χ3n) is 4.77. The Labute approximate surface area is 117 Å². The van der Waals surface area contributed by atoms with Crippen molar-refractivity contribution in [2.75, 3.05) is 13.1 Å². The molecule has 0 aromatic rings. The SMILES string of the molecule is CC(C)CC1(CNC(=O)[C@H]2CCCCN2)CCCC1. The van der Waals surface area contributed by atoms with Crippen LogP contribution in [-0.4, -0.2) is 25.0 Å². The van der Waals surface area contributed by atoms with Crippen molar-refractivity contribution in [1.82, 2.24) is 10.6 Å². The van der Waals surface area contributed by atoms with Gasteiger partial charge in [-0.15, -0.1) is 0 Å². The van der Waals surface area contributed by atoms with Crippen LogP contribution in [0.2, 0.25) is 0 Å². The van der Waals surface area contributed by atoms with Crippen LogP contribution in [0.15, 0.2) is 0 Å². The van der Waals surface area contributed by atoms with Gasteiger partial charge in [0.05, 0.1) is 6.04 Å². The molecule has 3 nitrogen and oxygen atoms in total. The van der Waals surface area contributed by atoms with Crippen molar-refractivity contribution in [2.45, 2.75) is 71.3 Å². The first-order valence-corrected chi connectivity index (χ1v) is 8.12. The summed E-state index contributed by atoms with van der Waals surface area (Å²) < 4.78 is 0. The number of hydrogen-bond acceptors (Lipinski definition) is 2. The summed E-state index contributed by atoms with van der Waals surface area (Å²) in [4.78, 5) is 12.2. The summed E-state index contributed by atoms with van der Waals surface area (Å²) >= 11 is 0. The van der Waals surface area contributed by atoms with Crippen LogP contribution in [0.1, 0.15) is 65.2 Å². The maximum atomic E-state index is 12.2. The molecule has 1 aliphatic heterocycles. The van der Waals surface area contributed by atoms with E-state index >= 15 is 0 Å². The lowest BCUT2D eigenvalue weighted by atomic mass is 9.78. The fourth-order valence-electron chi connectivity index (χ4n) is 3.92. The molecule has 2 N–H and O–H groups in total. The predicted molar refractivity (Wildman–Crippen MR) is 79.0 cm³/mol. The highest BCUT2D eigenvalue weighted by Gasteiger charge is 2.35. The Morgan fingerprint density at radius 1 is 1.26 bits per heavy atom. The molecule has 19 heavy (non-hydrogen) atoms. The van der Waals surface area contributed by atoms with Gasteiger partial charge in [0.25, 0.3) is 0 Å². The summed E-state index contributed by atoms with van der Waals surface area (Å²) in [5.74, 6) is 0.956. The number of rotatable bonds is 5. The molecule has 0 aromatic carbocycles. The van der Waals surface area contributed by atoms with E-state index in [0.717, 1.165) is 25.4 Å². The zero-order valence-corrected chi connectivity index (χ0v) is 12.6. The standard InChI is InChI=1S/C16H30N2O/c1-13(2)11-16(8-4-5-9-16)12-18-15(19)14-7-3-6-10-17-14/h13-14,17H,3-12H2,1-2H3,(H,18,19)/t14-/m1/s1. The van der Waals surface area contributed by atoms with Gasteiger partial charge in [-0.3, -0.25) is 4.79 Å². The summed E-state index contributed by atoms with van der Waals surface area (Å²) in [5.41, 5.74) is 0.387. The van der Waals surface area contributed by atoms with E-state index < -0.39 is 0 Å². The van der Waals surface area contributed by atoms with E-state index in [1.54, 1.807) is 0 Å². The summed E-state index contributed by atoms with van der Waals surface area (Å²) in [6, 6.07) is 0.0613. The number of hydrogen-bond donors (Lipinski definition) is 2. The van der Waals surface area contributed by atoms with Gasteiger partial charge in [-0.25, -0.2) is 0 Å². The first-order valence-electron chi connectivity index (χ1n) is 8.12. The number of nitrogens with one attached hydrogen (secondary N) is 2. The maximum Gasteiger partial charge on any atom is 0.237 e. The van der Waals surface area contributed by atoms with E-state index in [2.05, 4.69) is 24.5 Å². The van der Waals surface area contributed by atoms with E-state index in [1.807, 2.05) is 0 Å². The predicted octanol–water partition coefficient (Wildman–Crippen LogP) is 2.85. The zero-order valence-electron chi connectivity index (χ0n) is 12.6. The van der Waals surface area contributed by atoms with E-state index in [4.69, 9.17) is 0 Å². The van der Waals surface area contributed by atoms with Crippen molar-refractivity contribution in [3.63, 3.8) is 0 Å².